The van der Waals surface area contributed by atoms with E-state index in [0.717, 1.165) is 5.56 Å². The molecular formula is C13H7N3. The zero-order valence-electron chi connectivity index (χ0n) is 8.38. The van der Waals surface area contributed by atoms with E-state index in [1.807, 2.05) is 36.4 Å². The van der Waals surface area contributed by atoms with E-state index in [4.69, 9.17) is 10.5 Å². The summed E-state index contributed by atoms with van der Waals surface area (Å²) in [6.45, 7) is 0. The van der Waals surface area contributed by atoms with Crippen molar-refractivity contribution < 1.29 is 0 Å². The average Bonchev–Trinajstić information content (AvgIpc) is 2.39. The third-order valence-corrected chi connectivity index (χ3v) is 2.18. The third kappa shape index (κ3) is 1.75. The van der Waals surface area contributed by atoms with Crippen molar-refractivity contribution in [1.82, 2.24) is 4.98 Å². The molecule has 0 unspecified atom stereocenters. The molecule has 0 N–H and O–H groups in total. The maximum atomic E-state index is 9.00. The largest absolute Gasteiger partial charge is 0.253 e. The first-order chi connectivity index (χ1) is 7.85. The zero-order valence-corrected chi connectivity index (χ0v) is 8.38. The quantitative estimate of drug-likeness (QED) is 0.718. The number of hydrogen-bond acceptors (Lipinski definition) is 3. The molecule has 3 heteroatoms. The Morgan fingerprint density at radius 2 is 1.75 bits per heavy atom. The SMILES string of the molecule is N#Cc1cnc(-c2ccccc2)c(C#N)c1. The topological polar surface area (TPSA) is 60.5 Å². The van der Waals surface area contributed by atoms with Crippen molar-refractivity contribution in [1.29, 1.82) is 10.5 Å². The average molecular weight is 205 g/mol. The first-order valence-corrected chi connectivity index (χ1v) is 4.71. The van der Waals surface area contributed by atoms with Crippen LogP contribution in [0.4, 0.5) is 0 Å². The van der Waals surface area contributed by atoms with Gasteiger partial charge in [0.2, 0.25) is 0 Å². The molecule has 3 nitrogen and oxygen atoms in total. The van der Waals surface area contributed by atoms with Gasteiger partial charge in [0.1, 0.15) is 12.1 Å². The van der Waals surface area contributed by atoms with Crippen LogP contribution in [0, 0.1) is 22.7 Å². The van der Waals surface area contributed by atoms with E-state index in [-0.39, 0.29) is 0 Å². The highest BCUT2D eigenvalue weighted by Gasteiger charge is 2.06. The van der Waals surface area contributed by atoms with Gasteiger partial charge in [-0.3, -0.25) is 4.98 Å². The highest BCUT2D eigenvalue weighted by molar-refractivity contribution is 5.67. The minimum atomic E-state index is 0.399. The van der Waals surface area contributed by atoms with Gasteiger partial charge in [0.25, 0.3) is 0 Å². The Hall–Kier alpha value is -2.65. The Labute approximate surface area is 93.2 Å². The van der Waals surface area contributed by atoms with Crippen LogP contribution in [0.25, 0.3) is 11.3 Å². The lowest BCUT2D eigenvalue weighted by molar-refractivity contribution is 1.28. The predicted molar refractivity (Wildman–Crippen MR) is 59.1 cm³/mol. The molecule has 0 saturated carbocycles. The summed E-state index contributed by atoms with van der Waals surface area (Å²) in [5.41, 5.74) is 2.31. The van der Waals surface area contributed by atoms with Gasteiger partial charge in [-0.05, 0) is 6.07 Å². The second-order valence-corrected chi connectivity index (χ2v) is 3.21. The summed E-state index contributed by atoms with van der Waals surface area (Å²) < 4.78 is 0. The predicted octanol–water partition coefficient (Wildman–Crippen LogP) is 2.49. The Kier molecular flexibility index (Phi) is 2.63. The third-order valence-electron chi connectivity index (χ3n) is 2.18. The van der Waals surface area contributed by atoms with Gasteiger partial charge in [0, 0.05) is 11.8 Å². The van der Waals surface area contributed by atoms with Crippen LogP contribution in [0.3, 0.4) is 0 Å². The molecule has 2 aromatic rings. The van der Waals surface area contributed by atoms with Gasteiger partial charge in [-0.25, -0.2) is 0 Å². The fourth-order valence-electron chi connectivity index (χ4n) is 1.44. The number of hydrogen-bond donors (Lipinski definition) is 0. The number of aromatic nitrogens is 1. The van der Waals surface area contributed by atoms with Crippen LogP contribution in [-0.4, -0.2) is 4.98 Å². The molecule has 1 aromatic carbocycles. The molecule has 0 amide bonds. The molecule has 0 saturated heterocycles. The van der Waals surface area contributed by atoms with Gasteiger partial charge in [-0.15, -0.1) is 0 Å². The van der Waals surface area contributed by atoms with Crippen molar-refractivity contribution in [3.05, 3.63) is 53.7 Å². The maximum Gasteiger partial charge on any atom is 0.101 e. The van der Waals surface area contributed by atoms with Gasteiger partial charge in [-0.1, -0.05) is 30.3 Å². The van der Waals surface area contributed by atoms with Gasteiger partial charge in [-0.2, -0.15) is 10.5 Å². The second kappa shape index (κ2) is 4.25. The summed E-state index contributed by atoms with van der Waals surface area (Å²) in [5.74, 6) is 0. The van der Waals surface area contributed by atoms with Crippen LogP contribution < -0.4 is 0 Å². The van der Waals surface area contributed by atoms with E-state index in [1.165, 1.54) is 6.20 Å². The molecule has 0 radical (unpaired) electrons. The zero-order chi connectivity index (χ0) is 11.4. The van der Waals surface area contributed by atoms with E-state index in [9.17, 15) is 0 Å². The lowest BCUT2D eigenvalue weighted by atomic mass is 10.1. The van der Waals surface area contributed by atoms with Crippen molar-refractivity contribution in [2.45, 2.75) is 0 Å². The molecule has 0 bridgehead atoms. The summed E-state index contributed by atoms with van der Waals surface area (Å²) in [7, 11) is 0. The van der Waals surface area contributed by atoms with Crippen molar-refractivity contribution in [3.63, 3.8) is 0 Å². The maximum absolute atomic E-state index is 9.00. The molecule has 1 heterocycles. The standard InChI is InChI=1S/C13H7N3/c14-7-10-6-12(8-15)13(16-9-10)11-4-2-1-3-5-11/h1-6,9H. The highest BCUT2D eigenvalue weighted by Crippen LogP contribution is 2.20. The molecule has 0 atom stereocenters. The summed E-state index contributed by atoms with van der Waals surface area (Å²) in [6.07, 6.45) is 1.48. The fraction of sp³-hybridized carbons (Fsp3) is 0. The van der Waals surface area contributed by atoms with Crippen molar-refractivity contribution in [2.24, 2.45) is 0 Å². The lowest BCUT2D eigenvalue weighted by Crippen LogP contribution is -1.90. The van der Waals surface area contributed by atoms with E-state index in [2.05, 4.69) is 11.1 Å². The van der Waals surface area contributed by atoms with Gasteiger partial charge >= 0.3 is 0 Å². The van der Waals surface area contributed by atoms with E-state index in [0.29, 0.717) is 16.8 Å². The Balaban J connectivity index is 2.60. The Bertz CT molecular complexity index is 589. The van der Waals surface area contributed by atoms with Crippen LogP contribution in [0.5, 0.6) is 0 Å². The number of nitrogens with zero attached hydrogens (tertiary/aromatic N) is 3. The summed E-state index contributed by atoms with van der Waals surface area (Å²) >= 11 is 0. The number of nitriles is 2. The van der Waals surface area contributed by atoms with Gasteiger partial charge in [0.05, 0.1) is 16.8 Å². The highest BCUT2D eigenvalue weighted by atomic mass is 14.7. The number of pyridine rings is 1. The van der Waals surface area contributed by atoms with Crippen molar-refractivity contribution in [2.75, 3.05) is 0 Å². The van der Waals surface area contributed by atoms with Crippen LogP contribution in [-0.2, 0) is 0 Å². The Morgan fingerprint density at radius 1 is 1.00 bits per heavy atom. The van der Waals surface area contributed by atoms with Crippen LogP contribution >= 0.6 is 0 Å². The van der Waals surface area contributed by atoms with E-state index in [1.54, 1.807) is 6.07 Å². The molecule has 1 aromatic heterocycles. The second-order valence-electron chi connectivity index (χ2n) is 3.21. The van der Waals surface area contributed by atoms with E-state index < -0.39 is 0 Å². The van der Waals surface area contributed by atoms with Crippen LogP contribution in [0.2, 0.25) is 0 Å². The molecule has 0 fully saturated rings. The molecule has 0 spiro atoms. The van der Waals surface area contributed by atoms with Crippen molar-refractivity contribution >= 4 is 0 Å². The smallest absolute Gasteiger partial charge is 0.101 e. The van der Waals surface area contributed by atoms with Gasteiger partial charge in [0.15, 0.2) is 0 Å². The normalized spacial score (nSPS) is 9.12. The Morgan fingerprint density at radius 3 is 2.38 bits per heavy atom. The molecule has 0 aliphatic heterocycles. The van der Waals surface area contributed by atoms with Gasteiger partial charge < -0.3 is 0 Å². The molecule has 2 rings (SSSR count). The summed E-state index contributed by atoms with van der Waals surface area (Å²) in [5, 5.41) is 17.7. The van der Waals surface area contributed by atoms with Crippen molar-refractivity contribution in [3.8, 4) is 23.4 Å². The van der Waals surface area contributed by atoms with Crippen LogP contribution in [0.1, 0.15) is 11.1 Å². The summed E-state index contributed by atoms with van der Waals surface area (Å²) in [6, 6.07) is 15.0. The lowest BCUT2D eigenvalue weighted by Gasteiger charge is -2.02. The first kappa shape index (κ1) is 9.89. The fourth-order valence-corrected chi connectivity index (χ4v) is 1.44. The molecule has 16 heavy (non-hydrogen) atoms. The summed E-state index contributed by atoms with van der Waals surface area (Å²) in [4.78, 5) is 4.15. The number of rotatable bonds is 1. The van der Waals surface area contributed by atoms with Crippen LogP contribution in [0.15, 0.2) is 42.6 Å². The number of benzene rings is 1. The minimum absolute atomic E-state index is 0.399. The monoisotopic (exact) mass is 205 g/mol. The minimum Gasteiger partial charge on any atom is -0.253 e. The molecule has 0 aliphatic rings. The molecule has 74 valence electrons. The molecular weight excluding hydrogens is 198 g/mol. The molecule has 0 aliphatic carbocycles. The first-order valence-electron chi connectivity index (χ1n) is 4.71. The van der Waals surface area contributed by atoms with E-state index >= 15 is 0 Å².